The largest absolute Gasteiger partial charge is 0.324 e. The van der Waals surface area contributed by atoms with Gasteiger partial charge in [0.15, 0.2) is 0 Å². The molecule has 0 spiro atoms. The minimum absolute atomic E-state index is 0.0145. The van der Waals surface area contributed by atoms with E-state index >= 15 is 0 Å². The maximum absolute atomic E-state index is 11.8. The van der Waals surface area contributed by atoms with Gasteiger partial charge in [0, 0.05) is 11.1 Å². The molecule has 0 aromatic carbocycles. The summed E-state index contributed by atoms with van der Waals surface area (Å²) in [4.78, 5) is 16.1. The number of aryl methyl sites for hydroxylation is 1. The van der Waals surface area contributed by atoms with Gasteiger partial charge in [-0.1, -0.05) is 34.1 Å². The van der Waals surface area contributed by atoms with Gasteiger partial charge >= 0.3 is 0 Å². The number of aromatic nitrogens is 1. The van der Waals surface area contributed by atoms with E-state index in [2.05, 4.69) is 17.2 Å². The Balaban J connectivity index is 2.59. The number of nitrogens with one attached hydrogen (secondary N) is 1. The Morgan fingerprint density at radius 2 is 2.06 bits per heavy atom. The van der Waals surface area contributed by atoms with Crippen LogP contribution in [0.3, 0.4) is 0 Å². The summed E-state index contributed by atoms with van der Waals surface area (Å²) in [6.07, 6.45) is 5.06. The maximum Gasteiger partial charge on any atom is 0.229 e. The highest BCUT2D eigenvalue weighted by Gasteiger charge is 2.21. The van der Waals surface area contributed by atoms with Gasteiger partial charge in [0.1, 0.15) is 0 Å². The molecule has 0 aliphatic carbocycles. The van der Waals surface area contributed by atoms with Crippen molar-refractivity contribution in [2.24, 2.45) is 5.41 Å². The monoisotopic (exact) mass is 234 g/mol. The smallest absolute Gasteiger partial charge is 0.229 e. The van der Waals surface area contributed by atoms with Crippen LogP contribution in [-0.2, 0) is 11.2 Å². The number of unbranched alkanes of at least 4 members (excludes halogenated alkanes) is 1. The molecule has 1 amide bonds. The molecule has 0 aliphatic rings. The van der Waals surface area contributed by atoms with Gasteiger partial charge in [0.2, 0.25) is 5.91 Å². The molecule has 0 aliphatic heterocycles. The molecule has 1 aromatic heterocycles. The Bertz CT molecular complexity index is 363. The van der Waals surface area contributed by atoms with Gasteiger partial charge in [0.25, 0.3) is 0 Å². The summed E-state index contributed by atoms with van der Waals surface area (Å²) in [5.41, 5.74) is 1.48. The van der Waals surface area contributed by atoms with Crippen LogP contribution < -0.4 is 5.32 Å². The fourth-order valence-corrected chi connectivity index (χ4v) is 1.32. The minimum Gasteiger partial charge on any atom is -0.324 e. The lowest BCUT2D eigenvalue weighted by Crippen LogP contribution is -2.27. The molecular formula is C14H22N2O. The highest BCUT2D eigenvalue weighted by atomic mass is 16.2. The van der Waals surface area contributed by atoms with E-state index in [-0.39, 0.29) is 11.3 Å². The summed E-state index contributed by atoms with van der Waals surface area (Å²) < 4.78 is 0. The average Bonchev–Trinajstić information content (AvgIpc) is 2.27. The molecule has 1 N–H and O–H groups in total. The summed E-state index contributed by atoms with van der Waals surface area (Å²) in [6, 6.07) is 3.90. The van der Waals surface area contributed by atoms with Crippen molar-refractivity contribution in [3.8, 4) is 0 Å². The van der Waals surface area contributed by atoms with E-state index in [0.717, 1.165) is 24.2 Å². The highest BCUT2D eigenvalue weighted by molar-refractivity contribution is 5.94. The van der Waals surface area contributed by atoms with Crippen molar-refractivity contribution in [2.45, 2.75) is 47.0 Å². The van der Waals surface area contributed by atoms with Crippen LogP contribution >= 0.6 is 0 Å². The first-order valence-corrected chi connectivity index (χ1v) is 6.20. The molecule has 0 bridgehead atoms. The summed E-state index contributed by atoms with van der Waals surface area (Å²) >= 11 is 0. The number of hydrogen-bond acceptors (Lipinski definition) is 2. The van der Waals surface area contributed by atoms with E-state index in [1.807, 2.05) is 32.9 Å². The Morgan fingerprint density at radius 3 is 2.53 bits per heavy atom. The minimum atomic E-state index is -0.374. The molecule has 3 heteroatoms. The van der Waals surface area contributed by atoms with Crippen molar-refractivity contribution in [1.29, 1.82) is 0 Å². The van der Waals surface area contributed by atoms with Crippen LogP contribution in [0.25, 0.3) is 0 Å². The third-order valence-electron chi connectivity index (χ3n) is 2.55. The predicted octanol–water partition coefficient (Wildman–Crippen LogP) is 3.41. The first kappa shape index (κ1) is 13.7. The number of pyridine rings is 1. The number of hydrogen-bond donors (Lipinski definition) is 1. The van der Waals surface area contributed by atoms with Crippen LogP contribution in [0.2, 0.25) is 0 Å². The van der Waals surface area contributed by atoms with Crippen molar-refractivity contribution in [3.63, 3.8) is 0 Å². The maximum atomic E-state index is 11.8. The van der Waals surface area contributed by atoms with Gasteiger partial charge in [-0.15, -0.1) is 0 Å². The van der Waals surface area contributed by atoms with Crippen molar-refractivity contribution >= 4 is 11.6 Å². The molecule has 17 heavy (non-hydrogen) atoms. The number of carbonyl (C=O) groups excluding carboxylic acids is 1. The molecule has 0 atom stereocenters. The second-order valence-corrected chi connectivity index (χ2v) is 5.35. The average molecular weight is 234 g/mol. The zero-order valence-electron chi connectivity index (χ0n) is 11.2. The van der Waals surface area contributed by atoms with Crippen molar-refractivity contribution in [1.82, 2.24) is 4.98 Å². The van der Waals surface area contributed by atoms with E-state index in [9.17, 15) is 4.79 Å². The lowest BCUT2D eigenvalue weighted by Gasteiger charge is -2.17. The van der Waals surface area contributed by atoms with Crippen LogP contribution in [0.5, 0.6) is 0 Å². The second-order valence-electron chi connectivity index (χ2n) is 5.35. The molecule has 0 fully saturated rings. The zero-order chi connectivity index (χ0) is 12.9. The Morgan fingerprint density at radius 1 is 1.35 bits per heavy atom. The number of anilines is 1. The SMILES string of the molecule is CCCCc1ccc(NC(=O)C(C)(C)C)cn1. The van der Waals surface area contributed by atoms with E-state index in [4.69, 9.17) is 0 Å². The van der Waals surface area contributed by atoms with Gasteiger partial charge < -0.3 is 5.32 Å². The Labute approximate surface area is 104 Å². The molecule has 0 radical (unpaired) electrons. The lowest BCUT2D eigenvalue weighted by molar-refractivity contribution is -0.123. The molecule has 94 valence electrons. The quantitative estimate of drug-likeness (QED) is 0.867. The first-order valence-electron chi connectivity index (χ1n) is 6.20. The van der Waals surface area contributed by atoms with Gasteiger partial charge in [-0.05, 0) is 25.0 Å². The molecule has 0 saturated carbocycles. The molecule has 1 heterocycles. The Hall–Kier alpha value is -1.38. The van der Waals surface area contributed by atoms with Crippen LogP contribution in [-0.4, -0.2) is 10.9 Å². The van der Waals surface area contributed by atoms with E-state index in [1.165, 1.54) is 6.42 Å². The summed E-state index contributed by atoms with van der Waals surface area (Å²) in [7, 11) is 0. The van der Waals surface area contributed by atoms with Crippen molar-refractivity contribution < 1.29 is 4.79 Å². The van der Waals surface area contributed by atoms with E-state index in [0.29, 0.717) is 0 Å². The molecule has 0 saturated heterocycles. The van der Waals surface area contributed by atoms with Crippen LogP contribution in [0.1, 0.15) is 46.2 Å². The fraction of sp³-hybridized carbons (Fsp3) is 0.571. The Kier molecular flexibility index (Phi) is 4.67. The van der Waals surface area contributed by atoms with E-state index < -0.39 is 0 Å². The van der Waals surface area contributed by atoms with Crippen LogP contribution in [0.4, 0.5) is 5.69 Å². The third-order valence-corrected chi connectivity index (χ3v) is 2.55. The zero-order valence-corrected chi connectivity index (χ0v) is 11.2. The van der Waals surface area contributed by atoms with Gasteiger partial charge in [0.05, 0.1) is 11.9 Å². The number of amides is 1. The normalized spacial score (nSPS) is 11.3. The van der Waals surface area contributed by atoms with E-state index in [1.54, 1.807) is 6.20 Å². The standard InChI is InChI=1S/C14H22N2O/c1-5-6-7-11-8-9-12(10-15-11)16-13(17)14(2,3)4/h8-10H,5-7H2,1-4H3,(H,16,17). The van der Waals surface area contributed by atoms with Gasteiger partial charge in [-0.3, -0.25) is 9.78 Å². The molecule has 0 unspecified atom stereocenters. The highest BCUT2D eigenvalue weighted by Crippen LogP contribution is 2.17. The van der Waals surface area contributed by atoms with Crippen LogP contribution in [0.15, 0.2) is 18.3 Å². The van der Waals surface area contributed by atoms with Crippen molar-refractivity contribution in [3.05, 3.63) is 24.0 Å². The molecular weight excluding hydrogens is 212 g/mol. The molecule has 1 rings (SSSR count). The fourth-order valence-electron chi connectivity index (χ4n) is 1.32. The summed E-state index contributed by atoms with van der Waals surface area (Å²) in [5, 5.41) is 2.86. The number of rotatable bonds is 4. The van der Waals surface area contributed by atoms with Crippen LogP contribution in [0, 0.1) is 5.41 Å². The number of carbonyl (C=O) groups is 1. The van der Waals surface area contributed by atoms with Gasteiger partial charge in [-0.25, -0.2) is 0 Å². The molecule has 1 aromatic rings. The second kappa shape index (κ2) is 5.80. The number of nitrogens with zero attached hydrogens (tertiary/aromatic N) is 1. The topological polar surface area (TPSA) is 42.0 Å². The molecule has 3 nitrogen and oxygen atoms in total. The summed E-state index contributed by atoms with van der Waals surface area (Å²) in [5.74, 6) is 0.0145. The third kappa shape index (κ3) is 4.55. The lowest BCUT2D eigenvalue weighted by atomic mass is 9.95. The van der Waals surface area contributed by atoms with Gasteiger partial charge in [-0.2, -0.15) is 0 Å². The summed E-state index contributed by atoms with van der Waals surface area (Å²) in [6.45, 7) is 7.85. The van der Waals surface area contributed by atoms with Crippen molar-refractivity contribution in [2.75, 3.05) is 5.32 Å². The predicted molar refractivity (Wildman–Crippen MR) is 70.9 cm³/mol. The first-order chi connectivity index (χ1) is 7.93.